The molecule has 0 aliphatic heterocycles. The van der Waals surface area contributed by atoms with Gasteiger partial charge in [-0.15, -0.1) is 0 Å². The number of nitrogens with zero attached hydrogens (tertiary/aromatic N) is 1. The minimum atomic E-state index is -0.504. The molecule has 1 amide bonds. The Kier molecular flexibility index (Phi) is 4.61. The predicted molar refractivity (Wildman–Crippen MR) is 93.3 cm³/mol. The van der Waals surface area contributed by atoms with Gasteiger partial charge in [0.15, 0.2) is 5.58 Å². The van der Waals surface area contributed by atoms with E-state index in [1.807, 2.05) is 38.1 Å². The van der Waals surface area contributed by atoms with E-state index in [4.69, 9.17) is 9.15 Å². The maximum Gasteiger partial charge on any atom is 0.354 e. The van der Waals surface area contributed by atoms with E-state index in [-0.39, 0.29) is 12.5 Å². The van der Waals surface area contributed by atoms with Gasteiger partial charge in [-0.1, -0.05) is 29.8 Å². The summed E-state index contributed by atoms with van der Waals surface area (Å²) in [5.74, 6) is 0.0210. The molecule has 0 radical (unpaired) electrons. The molecule has 0 bridgehead atoms. The summed E-state index contributed by atoms with van der Waals surface area (Å²) in [6, 6.07) is 11.4. The van der Waals surface area contributed by atoms with Crippen molar-refractivity contribution < 1.29 is 18.7 Å². The van der Waals surface area contributed by atoms with Crippen molar-refractivity contribution in [1.82, 2.24) is 9.88 Å². The van der Waals surface area contributed by atoms with Crippen molar-refractivity contribution >= 4 is 23.0 Å². The minimum Gasteiger partial charge on any atom is -0.464 e. The van der Waals surface area contributed by atoms with E-state index in [1.54, 1.807) is 16.7 Å². The summed E-state index contributed by atoms with van der Waals surface area (Å²) in [5.41, 5.74) is 3.74. The highest BCUT2D eigenvalue weighted by atomic mass is 16.5. The van der Waals surface area contributed by atoms with Crippen LogP contribution in [-0.4, -0.2) is 23.6 Å². The number of benzene rings is 1. The van der Waals surface area contributed by atoms with Gasteiger partial charge in [-0.25, -0.2) is 4.79 Å². The van der Waals surface area contributed by atoms with E-state index in [2.05, 4.69) is 5.32 Å². The number of aryl methyl sites for hydroxylation is 2. The summed E-state index contributed by atoms with van der Waals surface area (Å²) < 4.78 is 12.0. The third kappa shape index (κ3) is 3.57. The molecular formula is C19H20N2O4. The molecule has 6 nitrogen and oxygen atoms in total. The molecule has 0 fully saturated rings. The molecule has 25 heavy (non-hydrogen) atoms. The molecule has 2 aromatic heterocycles. The highest BCUT2D eigenvalue weighted by Crippen LogP contribution is 2.24. The standard InChI is InChI=1S/C19H20N2O4/c1-12-4-6-14(7-5-12)10-20-18(22)11-21-15-8-13(2)25-17(15)9-16(21)19(23)24-3/h4-9H,10-11H2,1-3H3,(H,20,22). The molecule has 2 heterocycles. The lowest BCUT2D eigenvalue weighted by molar-refractivity contribution is -0.121. The first kappa shape index (κ1) is 16.8. The van der Waals surface area contributed by atoms with Crippen LogP contribution < -0.4 is 5.32 Å². The number of aromatic nitrogens is 1. The summed E-state index contributed by atoms with van der Waals surface area (Å²) in [4.78, 5) is 24.3. The molecule has 0 unspecified atom stereocenters. The molecule has 0 spiro atoms. The van der Waals surface area contributed by atoms with Gasteiger partial charge in [0.05, 0.1) is 12.6 Å². The van der Waals surface area contributed by atoms with Crippen LogP contribution in [0, 0.1) is 13.8 Å². The van der Waals surface area contributed by atoms with Gasteiger partial charge >= 0.3 is 5.97 Å². The van der Waals surface area contributed by atoms with Gasteiger partial charge in [0.2, 0.25) is 5.91 Å². The van der Waals surface area contributed by atoms with Gasteiger partial charge in [-0.2, -0.15) is 0 Å². The topological polar surface area (TPSA) is 73.5 Å². The Morgan fingerprint density at radius 2 is 1.88 bits per heavy atom. The lowest BCUT2D eigenvalue weighted by atomic mass is 10.1. The van der Waals surface area contributed by atoms with Crippen molar-refractivity contribution in [3.05, 3.63) is 59.0 Å². The van der Waals surface area contributed by atoms with Crippen LogP contribution in [0.3, 0.4) is 0 Å². The molecule has 3 rings (SSSR count). The van der Waals surface area contributed by atoms with Crippen molar-refractivity contribution in [2.45, 2.75) is 26.9 Å². The number of furan rings is 1. The van der Waals surface area contributed by atoms with Crippen molar-refractivity contribution in [2.75, 3.05) is 7.11 Å². The molecule has 0 atom stereocenters. The fourth-order valence-electron chi connectivity index (χ4n) is 2.72. The number of ether oxygens (including phenoxy) is 1. The lowest BCUT2D eigenvalue weighted by Crippen LogP contribution is -2.28. The van der Waals surface area contributed by atoms with Crippen LogP contribution in [0.2, 0.25) is 0 Å². The smallest absolute Gasteiger partial charge is 0.354 e. The molecule has 0 aliphatic carbocycles. The molecule has 0 aliphatic rings. The SMILES string of the molecule is COC(=O)c1cc2oc(C)cc2n1CC(=O)NCc1ccc(C)cc1. The Labute approximate surface area is 145 Å². The molecule has 3 aromatic rings. The average Bonchev–Trinajstić information content (AvgIpc) is 3.11. The number of methoxy groups -OCH3 is 1. The van der Waals surface area contributed by atoms with Gasteiger partial charge in [0.25, 0.3) is 0 Å². The number of carbonyl (C=O) groups excluding carboxylic acids is 2. The van der Waals surface area contributed by atoms with Crippen LogP contribution in [0.1, 0.15) is 27.4 Å². The Balaban J connectivity index is 1.77. The van der Waals surface area contributed by atoms with Crippen molar-refractivity contribution in [1.29, 1.82) is 0 Å². The van der Waals surface area contributed by atoms with Gasteiger partial charge in [-0.05, 0) is 19.4 Å². The Bertz CT molecular complexity index is 919. The summed E-state index contributed by atoms with van der Waals surface area (Å²) in [6.45, 7) is 4.28. The first-order valence-corrected chi connectivity index (χ1v) is 7.98. The highest BCUT2D eigenvalue weighted by Gasteiger charge is 2.20. The first-order valence-electron chi connectivity index (χ1n) is 7.98. The van der Waals surface area contributed by atoms with E-state index < -0.39 is 5.97 Å². The average molecular weight is 340 g/mol. The van der Waals surface area contributed by atoms with Gasteiger partial charge in [0, 0.05) is 18.7 Å². The van der Waals surface area contributed by atoms with Crippen LogP contribution in [0.4, 0.5) is 0 Å². The van der Waals surface area contributed by atoms with Crippen LogP contribution in [0.25, 0.3) is 11.1 Å². The van der Waals surface area contributed by atoms with E-state index in [0.29, 0.717) is 23.3 Å². The van der Waals surface area contributed by atoms with Crippen LogP contribution in [-0.2, 0) is 22.6 Å². The monoisotopic (exact) mass is 340 g/mol. The number of carbonyl (C=O) groups is 2. The Hall–Kier alpha value is -3.02. The summed E-state index contributed by atoms with van der Waals surface area (Å²) in [5, 5.41) is 2.87. The maximum atomic E-state index is 12.3. The third-order valence-corrected chi connectivity index (χ3v) is 4.02. The summed E-state index contributed by atoms with van der Waals surface area (Å²) in [7, 11) is 1.31. The molecule has 0 saturated heterocycles. The zero-order valence-corrected chi connectivity index (χ0v) is 14.5. The lowest BCUT2D eigenvalue weighted by Gasteiger charge is -2.10. The number of hydrogen-bond acceptors (Lipinski definition) is 4. The molecular weight excluding hydrogens is 320 g/mol. The number of nitrogens with one attached hydrogen (secondary N) is 1. The van der Waals surface area contributed by atoms with E-state index in [1.165, 1.54) is 12.7 Å². The quantitative estimate of drug-likeness (QED) is 0.725. The van der Waals surface area contributed by atoms with E-state index in [0.717, 1.165) is 11.3 Å². The van der Waals surface area contributed by atoms with Crippen LogP contribution in [0.15, 0.2) is 40.8 Å². The highest BCUT2D eigenvalue weighted by molar-refractivity contribution is 5.95. The van der Waals surface area contributed by atoms with Gasteiger partial charge in [0.1, 0.15) is 18.0 Å². The van der Waals surface area contributed by atoms with E-state index >= 15 is 0 Å². The van der Waals surface area contributed by atoms with Crippen molar-refractivity contribution in [2.24, 2.45) is 0 Å². The van der Waals surface area contributed by atoms with E-state index in [9.17, 15) is 9.59 Å². The Morgan fingerprint density at radius 1 is 1.16 bits per heavy atom. The largest absolute Gasteiger partial charge is 0.464 e. The molecule has 1 N–H and O–H groups in total. The number of rotatable bonds is 5. The molecule has 6 heteroatoms. The second kappa shape index (κ2) is 6.84. The maximum absolute atomic E-state index is 12.3. The van der Waals surface area contributed by atoms with Crippen LogP contribution >= 0.6 is 0 Å². The fraction of sp³-hybridized carbons (Fsp3) is 0.263. The van der Waals surface area contributed by atoms with Crippen LogP contribution in [0.5, 0.6) is 0 Å². The predicted octanol–water partition coefficient (Wildman–Crippen LogP) is 2.95. The number of fused-ring (bicyclic) bond motifs is 1. The number of hydrogen-bond donors (Lipinski definition) is 1. The van der Waals surface area contributed by atoms with Gasteiger partial charge in [-0.3, -0.25) is 4.79 Å². The zero-order chi connectivity index (χ0) is 18.0. The molecule has 1 aromatic carbocycles. The van der Waals surface area contributed by atoms with Crippen molar-refractivity contribution in [3.63, 3.8) is 0 Å². The zero-order valence-electron chi connectivity index (χ0n) is 14.5. The second-order valence-electron chi connectivity index (χ2n) is 5.98. The Morgan fingerprint density at radius 3 is 2.56 bits per heavy atom. The minimum absolute atomic E-state index is 0.0127. The summed E-state index contributed by atoms with van der Waals surface area (Å²) in [6.07, 6.45) is 0. The first-order chi connectivity index (χ1) is 12.0. The fourth-order valence-corrected chi connectivity index (χ4v) is 2.72. The normalized spacial score (nSPS) is 10.8. The molecule has 130 valence electrons. The van der Waals surface area contributed by atoms with Crippen molar-refractivity contribution in [3.8, 4) is 0 Å². The number of amides is 1. The number of esters is 1. The second-order valence-corrected chi connectivity index (χ2v) is 5.98. The van der Waals surface area contributed by atoms with Gasteiger partial charge < -0.3 is 19.0 Å². The molecule has 0 saturated carbocycles. The third-order valence-electron chi connectivity index (χ3n) is 4.02. The summed E-state index contributed by atoms with van der Waals surface area (Å²) >= 11 is 0.